The topological polar surface area (TPSA) is 73.1 Å². The van der Waals surface area contributed by atoms with Crippen LogP contribution in [-0.2, 0) is 16.1 Å². The van der Waals surface area contributed by atoms with Gasteiger partial charge in [0.15, 0.2) is 11.0 Å². The number of thioether (sulfide) groups is 1. The Balaban J connectivity index is 1.50. The minimum absolute atomic E-state index is 0.179. The van der Waals surface area contributed by atoms with Crippen molar-refractivity contribution in [1.29, 1.82) is 0 Å². The third kappa shape index (κ3) is 4.50. The van der Waals surface area contributed by atoms with Gasteiger partial charge in [0.1, 0.15) is 0 Å². The van der Waals surface area contributed by atoms with Crippen LogP contribution in [0.1, 0.15) is 32.1 Å². The van der Waals surface area contributed by atoms with Gasteiger partial charge in [-0.1, -0.05) is 11.8 Å². The van der Waals surface area contributed by atoms with Crippen LogP contribution in [0.2, 0.25) is 0 Å². The first-order valence-electron chi connectivity index (χ1n) is 9.67. The fraction of sp³-hybridized carbons (Fsp3) is 0.579. The number of piperidine rings is 1. The Bertz CT molecular complexity index is 755. The van der Waals surface area contributed by atoms with Crippen LogP contribution in [0.5, 0.6) is 0 Å². The zero-order chi connectivity index (χ0) is 18.5. The summed E-state index contributed by atoms with van der Waals surface area (Å²) in [6.45, 7) is 3.28. The highest BCUT2D eigenvalue weighted by atomic mass is 32.2. The Morgan fingerprint density at radius 3 is 2.70 bits per heavy atom. The van der Waals surface area contributed by atoms with E-state index in [9.17, 15) is 4.79 Å². The molecule has 4 heterocycles. The van der Waals surface area contributed by atoms with Crippen LogP contribution in [0.25, 0.3) is 11.4 Å². The molecule has 0 aromatic carbocycles. The minimum atomic E-state index is 0.179. The van der Waals surface area contributed by atoms with E-state index in [-0.39, 0.29) is 12.0 Å². The van der Waals surface area contributed by atoms with E-state index in [1.165, 1.54) is 18.2 Å². The van der Waals surface area contributed by atoms with E-state index in [2.05, 4.69) is 19.7 Å². The first-order valence-corrected chi connectivity index (χ1v) is 10.7. The highest BCUT2D eigenvalue weighted by molar-refractivity contribution is 7.99. The van der Waals surface area contributed by atoms with Gasteiger partial charge < -0.3 is 9.64 Å². The minimum Gasteiger partial charge on any atom is -0.376 e. The lowest BCUT2D eigenvalue weighted by atomic mass is 10.1. The highest BCUT2D eigenvalue weighted by Crippen LogP contribution is 2.26. The van der Waals surface area contributed by atoms with Crippen LogP contribution in [0.4, 0.5) is 0 Å². The van der Waals surface area contributed by atoms with E-state index in [4.69, 9.17) is 4.74 Å². The molecule has 8 heteroatoms. The van der Waals surface area contributed by atoms with Gasteiger partial charge in [-0.15, -0.1) is 10.2 Å². The molecule has 0 unspecified atom stereocenters. The van der Waals surface area contributed by atoms with Crippen molar-refractivity contribution in [3.05, 3.63) is 24.5 Å². The molecule has 2 aromatic heterocycles. The van der Waals surface area contributed by atoms with E-state index in [1.807, 2.05) is 17.0 Å². The third-order valence-corrected chi connectivity index (χ3v) is 6.05. The van der Waals surface area contributed by atoms with Crippen molar-refractivity contribution >= 4 is 17.7 Å². The number of carbonyl (C=O) groups excluding carboxylic acids is 1. The summed E-state index contributed by atoms with van der Waals surface area (Å²) < 4.78 is 7.92. The predicted molar refractivity (Wildman–Crippen MR) is 103 cm³/mol. The maximum absolute atomic E-state index is 12.5. The molecule has 0 N–H and O–H groups in total. The molecular weight excluding hydrogens is 362 g/mol. The van der Waals surface area contributed by atoms with Gasteiger partial charge in [-0.2, -0.15) is 0 Å². The number of hydrogen-bond acceptors (Lipinski definition) is 6. The van der Waals surface area contributed by atoms with Crippen molar-refractivity contribution in [2.45, 2.75) is 49.9 Å². The Kier molecular flexibility index (Phi) is 6.03. The Morgan fingerprint density at radius 1 is 1.15 bits per heavy atom. The zero-order valence-corrected chi connectivity index (χ0v) is 16.2. The number of likely N-dealkylation sites (tertiary alicyclic amines) is 1. The lowest BCUT2D eigenvalue weighted by Crippen LogP contribution is -2.36. The quantitative estimate of drug-likeness (QED) is 0.710. The summed E-state index contributed by atoms with van der Waals surface area (Å²) in [5, 5.41) is 9.56. The lowest BCUT2D eigenvalue weighted by molar-refractivity contribution is -0.129. The predicted octanol–water partition coefficient (Wildman–Crippen LogP) is 2.62. The molecule has 2 fully saturated rings. The molecule has 27 heavy (non-hydrogen) atoms. The van der Waals surface area contributed by atoms with E-state index >= 15 is 0 Å². The second kappa shape index (κ2) is 8.84. The van der Waals surface area contributed by atoms with Crippen molar-refractivity contribution in [3.8, 4) is 11.4 Å². The largest absolute Gasteiger partial charge is 0.376 e. The van der Waals surface area contributed by atoms with E-state index in [0.29, 0.717) is 12.3 Å². The average molecular weight is 388 g/mol. The van der Waals surface area contributed by atoms with Gasteiger partial charge >= 0.3 is 0 Å². The number of ether oxygens (including phenoxy) is 1. The van der Waals surface area contributed by atoms with Gasteiger partial charge in [0.2, 0.25) is 5.91 Å². The molecule has 2 aliphatic rings. The molecule has 0 radical (unpaired) electrons. The maximum atomic E-state index is 12.5. The van der Waals surface area contributed by atoms with E-state index in [1.54, 1.807) is 12.4 Å². The van der Waals surface area contributed by atoms with E-state index < -0.39 is 0 Å². The number of rotatable bonds is 6. The molecule has 7 nitrogen and oxygen atoms in total. The standard InChI is InChI=1S/C19H25N5O2S/c25-17(23-10-2-1-3-11-23)14-27-19-22-21-18(15-6-8-20-9-7-15)24(19)13-16-5-4-12-26-16/h6-9,16H,1-5,10-14H2/t16-/m1/s1. The monoisotopic (exact) mass is 387 g/mol. The van der Waals surface area contributed by atoms with Crippen LogP contribution in [0, 0.1) is 0 Å². The summed E-state index contributed by atoms with van der Waals surface area (Å²) in [7, 11) is 0. The van der Waals surface area contributed by atoms with Crippen LogP contribution in [-0.4, -0.2) is 62.1 Å². The Labute approximate surface area is 163 Å². The smallest absolute Gasteiger partial charge is 0.233 e. The molecule has 0 spiro atoms. The number of amides is 1. The summed E-state index contributed by atoms with van der Waals surface area (Å²) in [5.74, 6) is 1.40. The second-order valence-electron chi connectivity index (χ2n) is 7.02. The van der Waals surface area contributed by atoms with Crippen molar-refractivity contribution in [2.75, 3.05) is 25.4 Å². The van der Waals surface area contributed by atoms with Gasteiger partial charge in [-0.05, 0) is 44.2 Å². The second-order valence-corrected chi connectivity index (χ2v) is 7.96. The van der Waals surface area contributed by atoms with Gasteiger partial charge in [-0.3, -0.25) is 14.3 Å². The SMILES string of the molecule is O=C(CSc1nnc(-c2ccncc2)n1C[C@H]1CCCO1)N1CCCCC1. The number of pyridine rings is 1. The fourth-order valence-corrected chi connectivity index (χ4v) is 4.48. The van der Waals surface area contributed by atoms with Crippen LogP contribution < -0.4 is 0 Å². The van der Waals surface area contributed by atoms with Crippen molar-refractivity contribution in [2.24, 2.45) is 0 Å². The summed E-state index contributed by atoms with van der Waals surface area (Å²) in [5.41, 5.74) is 0.977. The normalized spacial score (nSPS) is 20.1. The number of carbonyl (C=O) groups is 1. The molecule has 0 saturated carbocycles. The van der Waals surface area contributed by atoms with Crippen molar-refractivity contribution in [1.82, 2.24) is 24.6 Å². The van der Waals surface area contributed by atoms with Gasteiger partial charge in [0.25, 0.3) is 0 Å². The Hall–Kier alpha value is -1.93. The molecule has 2 aliphatic heterocycles. The summed E-state index contributed by atoms with van der Waals surface area (Å²) in [4.78, 5) is 18.6. The molecule has 0 bridgehead atoms. The summed E-state index contributed by atoms with van der Waals surface area (Å²) >= 11 is 1.47. The van der Waals surface area contributed by atoms with Gasteiger partial charge in [0.05, 0.1) is 18.4 Å². The molecule has 1 amide bonds. The molecule has 0 aliphatic carbocycles. The summed E-state index contributed by atoms with van der Waals surface area (Å²) in [6.07, 6.45) is 9.27. The molecule has 2 saturated heterocycles. The van der Waals surface area contributed by atoms with Crippen molar-refractivity contribution in [3.63, 3.8) is 0 Å². The van der Waals surface area contributed by atoms with Gasteiger partial charge in [0, 0.05) is 37.7 Å². The molecule has 144 valence electrons. The highest BCUT2D eigenvalue weighted by Gasteiger charge is 2.23. The molecular formula is C19H25N5O2S. The first kappa shape index (κ1) is 18.4. The fourth-order valence-electron chi connectivity index (χ4n) is 3.63. The third-order valence-electron chi connectivity index (χ3n) is 5.10. The maximum Gasteiger partial charge on any atom is 0.233 e. The molecule has 1 atom stereocenters. The summed E-state index contributed by atoms with van der Waals surface area (Å²) in [6, 6.07) is 3.87. The number of nitrogens with zero attached hydrogens (tertiary/aromatic N) is 5. The average Bonchev–Trinajstić information content (AvgIpc) is 3.38. The molecule has 2 aromatic rings. The van der Waals surface area contributed by atoms with Gasteiger partial charge in [-0.25, -0.2) is 0 Å². The Morgan fingerprint density at radius 2 is 1.96 bits per heavy atom. The molecule has 4 rings (SSSR count). The van der Waals surface area contributed by atoms with Crippen LogP contribution in [0.15, 0.2) is 29.7 Å². The number of hydrogen-bond donors (Lipinski definition) is 0. The number of aromatic nitrogens is 4. The van der Waals surface area contributed by atoms with Crippen LogP contribution >= 0.6 is 11.8 Å². The van der Waals surface area contributed by atoms with Crippen LogP contribution in [0.3, 0.4) is 0 Å². The lowest BCUT2D eigenvalue weighted by Gasteiger charge is -2.26. The zero-order valence-electron chi connectivity index (χ0n) is 15.4. The first-order chi connectivity index (χ1) is 13.3. The van der Waals surface area contributed by atoms with E-state index in [0.717, 1.165) is 61.9 Å². The van der Waals surface area contributed by atoms with Crippen molar-refractivity contribution < 1.29 is 9.53 Å².